The zero-order chi connectivity index (χ0) is 14.3. The molecule has 0 spiro atoms. The predicted octanol–water partition coefficient (Wildman–Crippen LogP) is 4.77. The van der Waals surface area contributed by atoms with E-state index in [4.69, 9.17) is 22.1 Å². The van der Waals surface area contributed by atoms with E-state index < -0.39 is 0 Å². The molecule has 5 heteroatoms. The molecule has 1 aliphatic heterocycles. The van der Waals surface area contributed by atoms with Gasteiger partial charge in [-0.2, -0.15) is 0 Å². The van der Waals surface area contributed by atoms with Gasteiger partial charge in [0.15, 0.2) is 0 Å². The average molecular weight is 357 g/mol. The maximum atomic E-state index is 13.3. The van der Waals surface area contributed by atoms with Gasteiger partial charge < -0.3 is 10.5 Å². The number of halogens is 3. The largest absolute Gasteiger partial charge is 0.485 e. The summed E-state index contributed by atoms with van der Waals surface area (Å²) in [6.45, 7) is 0. The molecule has 0 fully saturated rings. The van der Waals surface area contributed by atoms with Crippen molar-refractivity contribution >= 4 is 27.5 Å². The molecule has 0 saturated carbocycles. The highest BCUT2D eigenvalue weighted by Gasteiger charge is 2.27. The number of benzene rings is 2. The minimum atomic E-state index is -0.296. The summed E-state index contributed by atoms with van der Waals surface area (Å²) in [5, 5.41) is 0.649. The van der Waals surface area contributed by atoms with Crippen molar-refractivity contribution < 1.29 is 9.13 Å². The molecular formula is C15H12BrClFNO. The van der Waals surface area contributed by atoms with Crippen molar-refractivity contribution in [3.05, 3.63) is 62.8 Å². The van der Waals surface area contributed by atoms with E-state index in [0.29, 0.717) is 22.8 Å². The zero-order valence-electron chi connectivity index (χ0n) is 10.4. The number of hydrogen-bond donors (Lipinski definition) is 1. The molecule has 3 rings (SSSR count). The monoisotopic (exact) mass is 355 g/mol. The lowest BCUT2D eigenvalue weighted by atomic mass is 9.93. The van der Waals surface area contributed by atoms with Crippen molar-refractivity contribution in [3.63, 3.8) is 0 Å². The standard InChI is InChI=1S/C15H12BrClFNO/c16-11-5-8(1-3-12(11)17)15-7-13(19)10-6-9(18)2-4-14(10)20-15/h1-6,13,15H,7,19H2. The van der Waals surface area contributed by atoms with E-state index in [-0.39, 0.29) is 18.0 Å². The summed E-state index contributed by atoms with van der Waals surface area (Å²) >= 11 is 9.39. The van der Waals surface area contributed by atoms with E-state index in [2.05, 4.69) is 15.9 Å². The molecule has 0 amide bonds. The first kappa shape index (κ1) is 13.9. The van der Waals surface area contributed by atoms with Crippen molar-refractivity contribution in [2.75, 3.05) is 0 Å². The van der Waals surface area contributed by atoms with Gasteiger partial charge in [0.25, 0.3) is 0 Å². The van der Waals surface area contributed by atoms with Crippen molar-refractivity contribution in [1.29, 1.82) is 0 Å². The van der Waals surface area contributed by atoms with Crippen LogP contribution >= 0.6 is 27.5 Å². The summed E-state index contributed by atoms with van der Waals surface area (Å²) in [5.74, 6) is 0.344. The smallest absolute Gasteiger partial charge is 0.126 e. The SMILES string of the molecule is NC1CC(c2ccc(Cl)c(Br)c2)Oc2ccc(F)cc21. The van der Waals surface area contributed by atoms with Crippen LogP contribution in [0.2, 0.25) is 5.02 Å². The summed E-state index contributed by atoms with van der Waals surface area (Å²) in [6.07, 6.45) is 0.446. The molecule has 1 heterocycles. The van der Waals surface area contributed by atoms with Gasteiger partial charge in [0, 0.05) is 22.5 Å². The van der Waals surface area contributed by atoms with Crippen LogP contribution in [0.15, 0.2) is 40.9 Å². The Kier molecular flexibility index (Phi) is 3.71. The summed E-state index contributed by atoms with van der Waals surface area (Å²) in [5.41, 5.74) is 7.84. The Hall–Kier alpha value is -1.10. The van der Waals surface area contributed by atoms with E-state index in [1.54, 1.807) is 6.07 Å². The molecule has 2 atom stereocenters. The fraction of sp³-hybridized carbons (Fsp3) is 0.200. The molecule has 2 aromatic carbocycles. The second-order valence-electron chi connectivity index (χ2n) is 4.80. The summed E-state index contributed by atoms with van der Waals surface area (Å²) in [7, 11) is 0. The topological polar surface area (TPSA) is 35.2 Å². The van der Waals surface area contributed by atoms with Crippen LogP contribution in [-0.4, -0.2) is 0 Å². The Balaban J connectivity index is 1.94. The number of hydrogen-bond acceptors (Lipinski definition) is 2. The Morgan fingerprint density at radius 1 is 1.25 bits per heavy atom. The van der Waals surface area contributed by atoms with Crippen LogP contribution in [0, 0.1) is 5.82 Å². The Morgan fingerprint density at radius 3 is 2.80 bits per heavy atom. The lowest BCUT2D eigenvalue weighted by Crippen LogP contribution is -2.24. The molecule has 1 aliphatic rings. The molecule has 2 N–H and O–H groups in total. The molecule has 104 valence electrons. The number of nitrogens with two attached hydrogens (primary N) is 1. The van der Waals surface area contributed by atoms with E-state index in [9.17, 15) is 4.39 Å². The van der Waals surface area contributed by atoms with Crippen molar-refractivity contribution in [1.82, 2.24) is 0 Å². The van der Waals surface area contributed by atoms with Gasteiger partial charge in [-0.15, -0.1) is 0 Å². The average Bonchev–Trinajstić information content (AvgIpc) is 2.42. The molecule has 0 aromatic heterocycles. The third-order valence-corrected chi connectivity index (χ3v) is 4.64. The molecule has 2 nitrogen and oxygen atoms in total. The van der Waals surface area contributed by atoms with Gasteiger partial charge in [-0.3, -0.25) is 0 Å². The van der Waals surface area contributed by atoms with Crippen LogP contribution in [0.5, 0.6) is 5.75 Å². The molecule has 2 aromatic rings. The van der Waals surface area contributed by atoms with Gasteiger partial charge in [-0.05, 0) is 51.8 Å². The fourth-order valence-corrected chi connectivity index (χ4v) is 2.91. The van der Waals surface area contributed by atoms with E-state index in [1.165, 1.54) is 12.1 Å². The van der Waals surface area contributed by atoms with Gasteiger partial charge >= 0.3 is 0 Å². The van der Waals surface area contributed by atoms with Crippen LogP contribution in [0.25, 0.3) is 0 Å². The maximum absolute atomic E-state index is 13.3. The first-order chi connectivity index (χ1) is 9.54. The highest BCUT2D eigenvalue weighted by Crippen LogP contribution is 2.40. The first-order valence-electron chi connectivity index (χ1n) is 6.21. The molecule has 0 bridgehead atoms. The molecule has 0 aliphatic carbocycles. The minimum Gasteiger partial charge on any atom is -0.485 e. The van der Waals surface area contributed by atoms with Crippen LogP contribution in [0.3, 0.4) is 0 Å². The lowest BCUT2D eigenvalue weighted by Gasteiger charge is -2.30. The minimum absolute atomic E-state index is 0.156. The van der Waals surface area contributed by atoms with Gasteiger partial charge in [-0.1, -0.05) is 17.7 Å². The van der Waals surface area contributed by atoms with Crippen LogP contribution < -0.4 is 10.5 Å². The summed E-state index contributed by atoms with van der Waals surface area (Å²) in [6, 6.07) is 9.86. The van der Waals surface area contributed by atoms with Crippen LogP contribution in [0.4, 0.5) is 4.39 Å². The normalized spacial score (nSPS) is 21.2. The molecular weight excluding hydrogens is 345 g/mol. The number of ether oxygens (including phenoxy) is 1. The van der Waals surface area contributed by atoms with E-state index in [0.717, 1.165) is 10.0 Å². The molecule has 0 radical (unpaired) electrons. The predicted molar refractivity (Wildman–Crippen MR) is 80.5 cm³/mol. The quantitative estimate of drug-likeness (QED) is 0.799. The van der Waals surface area contributed by atoms with Crippen molar-refractivity contribution in [2.24, 2.45) is 5.73 Å². The first-order valence-corrected chi connectivity index (χ1v) is 7.38. The molecule has 2 unspecified atom stereocenters. The fourth-order valence-electron chi connectivity index (χ4n) is 2.39. The van der Waals surface area contributed by atoms with Crippen LogP contribution in [-0.2, 0) is 0 Å². The molecule has 0 saturated heterocycles. The van der Waals surface area contributed by atoms with Crippen molar-refractivity contribution in [2.45, 2.75) is 18.6 Å². The van der Waals surface area contributed by atoms with E-state index >= 15 is 0 Å². The highest BCUT2D eigenvalue weighted by atomic mass is 79.9. The van der Waals surface area contributed by atoms with Gasteiger partial charge in [-0.25, -0.2) is 4.39 Å². The Bertz CT molecular complexity index is 664. The highest BCUT2D eigenvalue weighted by molar-refractivity contribution is 9.10. The summed E-state index contributed by atoms with van der Waals surface area (Å²) < 4.78 is 20.0. The molecule has 20 heavy (non-hydrogen) atoms. The number of rotatable bonds is 1. The zero-order valence-corrected chi connectivity index (χ0v) is 12.8. The van der Waals surface area contributed by atoms with E-state index in [1.807, 2.05) is 18.2 Å². The van der Waals surface area contributed by atoms with Crippen LogP contribution in [0.1, 0.15) is 29.7 Å². The lowest BCUT2D eigenvalue weighted by molar-refractivity contribution is 0.161. The Labute approximate surface area is 129 Å². The summed E-state index contributed by atoms with van der Waals surface area (Å²) in [4.78, 5) is 0. The third-order valence-electron chi connectivity index (χ3n) is 3.42. The third kappa shape index (κ3) is 2.55. The van der Waals surface area contributed by atoms with Gasteiger partial charge in [0.05, 0.1) is 5.02 Å². The number of fused-ring (bicyclic) bond motifs is 1. The second-order valence-corrected chi connectivity index (χ2v) is 6.07. The Morgan fingerprint density at radius 2 is 2.05 bits per heavy atom. The van der Waals surface area contributed by atoms with Gasteiger partial charge in [0.2, 0.25) is 0 Å². The second kappa shape index (κ2) is 5.35. The van der Waals surface area contributed by atoms with Gasteiger partial charge in [0.1, 0.15) is 17.7 Å². The maximum Gasteiger partial charge on any atom is 0.126 e. The van der Waals surface area contributed by atoms with Crippen molar-refractivity contribution in [3.8, 4) is 5.75 Å².